The quantitative estimate of drug-likeness (QED) is 0.803. The standard InChI is InChI=1S/C18H15BrN2O3/c19-13-6-7-14-15(10-13)18(24)21(17(14)23)9-8-16(22)20-11-12-4-2-1-3-5-12/h1-7,10H,8-9,11H2,(H,20,22). The van der Waals surface area contributed by atoms with E-state index in [4.69, 9.17) is 0 Å². The minimum Gasteiger partial charge on any atom is -0.352 e. The molecule has 0 saturated carbocycles. The molecule has 0 unspecified atom stereocenters. The van der Waals surface area contributed by atoms with Crippen LogP contribution in [0, 0.1) is 0 Å². The van der Waals surface area contributed by atoms with Crippen molar-refractivity contribution in [3.63, 3.8) is 0 Å². The number of nitrogens with one attached hydrogen (secondary N) is 1. The van der Waals surface area contributed by atoms with Crippen LogP contribution in [-0.2, 0) is 11.3 Å². The Bertz CT molecular complexity index is 805. The molecule has 1 aliphatic heterocycles. The van der Waals surface area contributed by atoms with Gasteiger partial charge in [-0.1, -0.05) is 46.3 Å². The van der Waals surface area contributed by atoms with E-state index >= 15 is 0 Å². The number of carbonyl (C=O) groups excluding carboxylic acids is 3. The summed E-state index contributed by atoms with van der Waals surface area (Å²) in [6.07, 6.45) is 0.0828. The summed E-state index contributed by atoms with van der Waals surface area (Å²) in [5.74, 6) is -0.901. The summed E-state index contributed by atoms with van der Waals surface area (Å²) in [6, 6.07) is 14.5. The SMILES string of the molecule is O=C(CCN1C(=O)c2ccc(Br)cc2C1=O)NCc1ccccc1. The average Bonchev–Trinajstić information content (AvgIpc) is 2.82. The summed E-state index contributed by atoms with van der Waals surface area (Å²) in [6.45, 7) is 0.499. The number of imide groups is 1. The Labute approximate surface area is 147 Å². The molecule has 1 N–H and O–H groups in total. The Hall–Kier alpha value is -2.47. The van der Waals surface area contributed by atoms with Crippen LogP contribution in [0.15, 0.2) is 53.0 Å². The molecule has 2 aromatic rings. The number of rotatable bonds is 5. The van der Waals surface area contributed by atoms with Crippen LogP contribution >= 0.6 is 15.9 Å². The summed E-state index contributed by atoms with van der Waals surface area (Å²) in [5.41, 5.74) is 1.75. The van der Waals surface area contributed by atoms with Gasteiger partial charge in [-0.2, -0.15) is 0 Å². The smallest absolute Gasteiger partial charge is 0.261 e. The van der Waals surface area contributed by atoms with Crippen LogP contribution < -0.4 is 5.32 Å². The number of hydrogen-bond acceptors (Lipinski definition) is 3. The van der Waals surface area contributed by atoms with E-state index in [2.05, 4.69) is 21.2 Å². The summed E-state index contributed by atoms with van der Waals surface area (Å²) in [5, 5.41) is 2.79. The third-order valence-electron chi connectivity index (χ3n) is 3.83. The van der Waals surface area contributed by atoms with Crippen molar-refractivity contribution >= 4 is 33.7 Å². The van der Waals surface area contributed by atoms with Gasteiger partial charge in [-0.05, 0) is 23.8 Å². The number of halogens is 1. The maximum absolute atomic E-state index is 12.3. The van der Waals surface area contributed by atoms with Gasteiger partial charge in [-0.3, -0.25) is 19.3 Å². The van der Waals surface area contributed by atoms with Crippen LogP contribution in [0.3, 0.4) is 0 Å². The van der Waals surface area contributed by atoms with E-state index in [1.54, 1.807) is 18.2 Å². The van der Waals surface area contributed by atoms with Crippen LogP contribution in [-0.4, -0.2) is 29.2 Å². The van der Waals surface area contributed by atoms with Gasteiger partial charge < -0.3 is 5.32 Å². The second kappa shape index (κ2) is 6.97. The second-order valence-electron chi connectivity index (χ2n) is 5.46. The highest BCUT2D eigenvalue weighted by Gasteiger charge is 2.35. The zero-order valence-electron chi connectivity index (χ0n) is 12.8. The van der Waals surface area contributed by atoms with Crippen LogP contribution in [0.2, 0.25) is 0 Å². The summed E-state index contributed by atoms with van der Waals surface area (Å²) < 4.78 is 0.741. The third kappa shape index (κ3) is 3.38. The number of fused-ring (bicyclic) bond motifs is 1. The van der Waals surface area contributed by atoms with E-state index in [0.717, 1.165) is 14.9 Å². The number of benzene rings is 2. The number of hydrogen-bond donors (Lipinski definition) is 1. The highest BCUT2D eigenvalue weighted by atomic mass is 79.9. The lowest BCUT2D eigenvalue weighted by Crippen LogP contribution is -2.34. The minimum atomic E-state index is -0.354. The van der Waals surface area contributed by atoms with Crippen molar-refractivity contribution in [2.24, 2.45) is 0 Å². The van der Waals surface area contributed by atoms with E-state index in [1.807, 2.05) is 30.3 Å². The molecular formula is C18H15BrN2O3. The number of carbonyl (C=O) groups is 3. The lowest BCUT2D eigenvalue weighted by Gasteiger charge is -2.13. The van der Waals surface area contributed by atoms with Crippen molar-refractivity contribution in [2.45, 2.75) is 13.0 Å². The van der Waals surface area contributed by atoms with Crippen LogP contribution in [0.25, 0.3) is 0 Å². The molecule has 5 nitrogen and oxygen atoms in total. The van der Waals surface area contributed by atoms with Gasteiger partial charge in [0.15, 0.2) is 0 Å². The first-order valence-electron chi connectivity index (χ1n) is 7.52. The van der Waals surface area contributed by atoms with Gasteiger partial charge in [0.25, 0.3) is 11.8 Å². The molecule has 2 aromatic carbocycles. The molecule has 3 rings (SSSR count). The summed E-state index contributed by atoms with van der Waals surface area (Å²) >= 11 is 3.29. The molecule has 1 aliphatic rings. The minimum absolute atomic E-state index is 0.0740. The van der Waals surface area contributed by atoms with E-state index in [9.17, 15) is 14.4 Å². The fourth-order valence-corrected chi connectivity index (χ4v) is 2.93. The maximum atomic E-state index is 12.3. The largest absolute Gasteiger partial charge is 0.352 e. The third-order valence-corrected chi connectivity index (χ3v) is 4.32. The zero-order chi connectivity index (χ0) is 17.1. The zero-order valence-corrected chi connectivity index (χ0v) is 14.4. The Morgan fingerprint density at radius 3 is 2.46 bits per heavy atom. The molecule has 0 radical (unpaired) electrons. The van der Waals surface area contributed by atoms with Crippen LogP contribution in [0.5, 0.6) is 0 Å². The molecule has 122 valence electrons. The Kier molecular flexibility index (Phi) is 4.76. The molecule has 24 heavy (non-hydrogen) atoms. The van der Waals surface area contributed by atoms with Crippen molar-refractivity contribution in [1.29, 1.82) is 0 Å². The molecule has 0 saturated heterocycles. The van der Waals surface area contributed by atoms with Gasteiger partial charge in [0.1, 0.15) is 0 Å². The van der Waals surface area contributed by atoms with E-state index in [-0.39, 0.29) is 30.7 Å². The van der Waals surface area contributed by atoms with E-state index in [0.29, 0.717) is 17.7 Å². The van der Waals surface area contributed by atoms with Gasteiger partial charge in [0.2, 0.25) is 5.91 Å². The highest BCUT2D eigenvalue weighted by Crippen LogP contribution is 2.26. The summed E-state index contributed by atoms with van der Waals surface area (Å²) in [7, 11) is 0. The van der Waals surface area contributed by atoms with Gasteiger partial charge in [0, 0.05) is 24.0 Å². The van der Waals surface area contributed by atoms with Gasteiger partial charge >= 0.3 is 0 Å². The van der Waals surface area contributed by atoms with E-state index < -0.39 is 0 Å². The molecule has 0 fully saturated rings. The van der Waals surface area contributed by atoms with Gasteiger partial charge in [0.05, 0.1) is 11.1 Å². The van der Waals surface area contributed by atoms with Crippen molar-refractivity contribution < 1.29 is 14.4 Å². The molecule has 0 aliphatic carbocycles. The Morgan fingerprint density at radius 1 is 1.00 bits per heavy atom. The van der Waals surface area contributed by atoms with Crippen molar-refractivity contribution in [2.75, 3.05) is 6.54 Å². The molecular weight excluding hydrogens is 372 g/mol. The normalized spacial score (nSPS) is 13.1. The van der Waals surface area contributed by atoms with Gasteiger partial charge in [-0.25, -0.2) is 0 Å². The molecule has 1 heterocycles. The fourth-order valence-electron chi connectivity index (χ4n) is 2.56. The highest BCUT2D eigenvalue weighted by molar-refractivity contribution is 9.10. The van der Waals surface area contributed by atoms with Crippen molar-refractivity contribution in [1.82, 2.24) is 10.2 Å². The first kappa shape index (κ1) is 16.4. The lowest BCUT2D eigenvalue weighted by molar-refractivity contribution is -0.121. The fraction of sp³-hybridized carbons (Fsp3) is 0.167. The maximum Gasteiger partial charge on any atom is 0.261 e. The number of nitrogens with zero attached hydrogens (tertiary/aromatic N) is 1. The monoisotopic (exact) mass is 386 g/mol. The molecule has 6 heteroatoms. The predicted octanol–water partition coefficient (Wildman–Crippen LogP) is 2.75. The predicted molar refractivity (Wildman–Crippen MR) is 92.4 cm³/mol. The second-order valence-corrected chi connectivity index (χ2v) is 6.38. The topological polar surface area (TPSA) is 66.5 Å². The number of amides is 3. The van der Waals surface area contributed by atoms with Crippen molar-refractivity contribution in [3.05, 3.63) is 69.7 Å². The van der Waals surface area contributed by atoms with Crippen LogP contribution in [0.4, 0.5) is 0 Å². The Balaban J connectivity index is 1.56. The van der Waals surface area contributed by atoms with Gasteiger partial charge in [-0.15, -0.1) is 0 Å². The lowest BCUT2D eigenvalue weighted by atomic mass is 10.1. The van der Waals surface area contributed by atoms with Crippen molar-refractivity contribution in [3.8, 4) is 0 Å². The summed E-state index contributed by atoms with van der Waals surface area (Å²) in [4.78, 5) is 37.6. The Morgan fingerprint density at radius 2 is 1.71 bits per heavy atom. The first-order chi connectivity index (χ1) is 11.6. The molecule has 0 bridgehead atoms. The van der Waals surface area contributed by atoms with Crippen LogP contribution in [0.1, 0.15) is 32.7 Å². The van der Waals surface area contributed by atoms with E-state index in [1.165, 1.54) is 0 Å². The molecule has 3 amide bonds. The molecule has 0 aromatic heterocycles. The molecule has 0 atom stereocenters. The first-order valence-corrected chi connectivity index (χ1v) is 8.32. The average molecular weight is 387 g/mol. The molecule has 0 spiro atoms.